The van der Waals surface area contributed by atoms with Crippen LogP contribution in [0.2, 0.25) is 0 Å². The van der Waals surface area contributed by atoms with Gasteiger partial charge < -0.3 is 5.32 Å². The topological polar surface area (TPSA) is 15.3 Å². The van der Waals surface area contributed by atoms with Gasteiger partial charge in [0.1, 0.15) is 0 Å². The lowest BCUT2D eigenvalue weighted by Crippen LogP contribution is -2.53. The Hall–Kier alpha value is 0. The Kier molecular flexibility index (Phi) is 5.92. The molecule has 0 amide bonds. The summed E-state index contributed by atoms with van der Waals surface area (Å²) in [6.45, 7) is 5.88. The molecule has 1 unspecified atom stereocenters. The zero-order valence-electron chi connectivity index (χ0n) is 8.97. The first-order valence-electron chi connectivity index (χ1n) is 4.93. The first kappa shape index (κ1) is 15.0. The van der Waals surface area contributed by atoms with Gasteiger partial charge in [-0.15, -0.1) is 12.4 Å². The number of piperazine rings is 1. The predicted octanol–water partition coefficient (Wildman–Crippen LogP) is 2.04. The van der Waals surface area contributed by atoms with Crippen molar-refractivity contribution in [2.45, 2.75) is 38.5 Å². The first-order valence-corrected chi connectivity index (χ1v) is 4.93. The molecule has 1 N–H and O–H groups in total. The van der Waals surface area contributed by atoms with Crippen LogP contribution in [-0.4, -0.2) is 42.8 Å². The van der Waals surface area contributed by atoms with Gasteiger partial charge in [-0.1, -0.05) is 0 Å². The molecule has 92 valence electrons. The van der Waals surface area contributed by atoms with Crippen LogP contribution in [0, 0.1) is 0 Å². The molecule has 0 radical (unpaired) electrons. The highest BCUT2D eigenvalue weighted by molar-refractivity contribution is 5.85. The summed E-state index contributed by atoms with van der Waals surface area (Å²) < 4.78 is 36.4. The van der Waals surface area contributed by atoms with Gasteiger partial charge in [-0.25, -0.2) is 0 Å². The molecule has 0 spiro atoms. The van der Waals surface area contributed by atoms with Gasteiger partial charge >= 0.3 is 6.18 Å². The predicted molar refractivity (Wildman–Crippen MR) is 56.4 cm³/mol. The fraction of sp³-hybridized carbons (Fsp3) is 1.00. The summed E-state index contributed by atoms with van der Waals surface area (Å²) in [6.07, 6.45) is -4.76. The zero-order chi connectivity index (χ0) is 10.8. The van der Waals surface area contributed by atoms with Crippen LogP contribution in [0.1, 0.15) is 20.3 Å². The Bertz CT molecular complexity index is 187. The molecule has 0 saturated carbocycles. The lowest BCUT2D eigenvalue weighted by molar-refractivity contribution is -0.148. The van der Waals surface area contributed by atoms with Crippen molar-refractivity contribution in [3.05, 3.63) is 0 Å². The second-order valence-corrected chi connectivity index (χ2v) is 3.96. The molecule has 0 aromatic carbocycles. The van der Waals surface area contributed by atoms with Gasteiger partial charge in [0.05, 0.1) is 6.42 Å². The van der Waals surface area contributed by atoms with Gasteiger partial charge in [-0.3, -0.25) is 4.90 Å². The van der Waals surface area contributed by atoms with E-state index in [1.807, 2.05) is 11.8 Å². The van der Waals surface area contributed by atoms with Crippen molar-refractivity contribution in [2.24, 2.45) is 0 Å². The van der Waals surface area contributed by atoms with E-state index in [0.717, 1.165) is 13.1 Å². The molecule has 1 aliphatic heterocycles. The summed E-state index contributed by atoms with van der Waals surface area (Å²) in [5.74, 6) is 0. The molecule has 1 heterocycles. The fourth-order valence-electron chi connectivity index (χ4n) is 1.96. The molecule has 15 heavy (non-hydrogen) atoms. The van der Waals surface area contributed by atoms with Crippen molar-refractivity contribution in [1.29, 1.82) is 0 Å². The third kappa shape index (κ3) is 5.04. The molecule has 1 fully saturated rings. The van der Waals surface area contributed by atoms with Crippen molar-refractivity contribution in [2.75, 3.05) is 19.6 Å². The zero-order valence-corrected chi connectivity index (χ0v) is 9.79. The summed E-state index contributed by atoms with van der Waals surface area (Å²) in [6, 6.07) is -0.215. The maximum Gasteiger partial charge on any atom is 0.390 e. The van der Waals surface area contributed by atoms with E-state index in [9.17, 15) is 13.2 Å². The second kappa shape index (κ2) is 5.92. The maximum absolute atomic E-state index is 12.1. The van der Waals surface area contributed by atoms with E-state index in [2.05, 4.69) is 5.32 Å². The third-order valence-electron chi connectivity index (χ3n) is 2.65. The van der Waals surface area contributed by atoms with E-state index in [4.69, 9.17) is 0 Å². The van der Waals surface area contributed by atoms with Gasteiger partial charge in [0.25, 0.3) is 0 Å². The molecular formula is C9H18ClF3N2. The number of rotatable bonds is 2. The van der Waals surface area contributed by atoms with Crippen molar-refractivity contribution in [3.8, 4) is 0 Å². The number of alkyl halides is 3. The molecule has 0 bridgehead atoms. The van der Waals surface area contributed by atoms with Crippen LogP contribution in [0.4, 0.5) is 13.2 Å². The maximum atomic E-state index is 12.1. The summed E-state index contributed by atoms with van der Waals surface area (Å²) in [7, 11) is 0. The quantitative estimate of drug-likeness (QED) is 0.802. The van der Waals surface area contributed by atoms with Gasteiger partial charge in [0, 0.05) is 31.7 Å². The lowest BCUT2D eigenvalue weighted by Gasteiger charge is -2.38. The monoisotopic (exact) mass is 246 g/mol. The highest BCUT2D eigenvalue weighted by atomic mass is 35.5. The van der Waals surface area contributed by atoms with Crippen LogP contribution in [0.25, 0.3) is 0 Å². The Balaban J connectivity index is 0.00000196. The average Bonchev–Trinajstić information content (AvgIpc) is 2.01. The number of hydrogen-bond donors (Lipinski definition) is 1. The van der Waals surface area contributed by atoms with E-state index in [0.29, 0.717) is 6.54 Å². The summed E-state index contributed by atoms with van der Waals surface area (Å²) in [5.41, 5.74) is 0. The Labute approximate surface area is 94.6 Å². The van der Waals surface area contributed by atoms with E-state index >= 15 is 0 Å². The minimum atomic E-state index is -4.05. The Morgan fingerprint density at radius 2 is 2.07 bits per heavy atom. The third-order valence-corrected chi connectivity index (χ3v) is 2.65. The van der Waals surface area contributed by atoms with Crippen LogP contribution in [-0.2, 0) is 0 Å². The standard InChI is InChI=1S/C9H17F3N2.ClH/c1-7(5-9(10,11)12)14-4-3-13-6-8(14)2;/h7-8,13H,3-6H2,1-2H3;1H/t7?,8-;/m1./s1. The van der Waals surface area contributed by atoms with Gasteiger partial charge in [-0.2, -0.15) is 13.2 Å². The van der Waals surface area contributed by atoms with Crippen molar-refractivity contribution in [1.82, 2.24) is 10.2 Å². The minimum absolute atomic E-state index is 0. The normalized spacial score (nSPS) is 25.8. The highest BCUT2D eigenvalue weighted by Gasteiger charge is 2.34. The van der Waals surface area contributed by atoms with Crippen molar-refractivity contribution in [3.63, 3.8) is 0 Å². The average molecular weight is 247 g/mol. The minimum Gasteiger partial charge on any atom is -0.314 e. The van der Waals surface area contributed by atoms with E-state index in [-0.39, 0.29) is 18.4 Å². The van der Waals surface area contributed by atoms with Crippen molar-refractivity contribution >= 4 is 12.4 Å². The highest BCUT2D eigenvalue weighted by Crippen LogP contribution is 2.25. The van der Waals surface area contributed by atoms with Crippen LogP contribution < -0.4 is 5.32 Å². The van der Waals surface area contributed by atoms with Gasteiger partial charge in [0.2, 0.25) is 0 Å². The largest absolute Gasteiger partial charge is 0.390 e. The molecule has 0 aromatic rings. The summed E-state index contributed by atoms with van der Waals surface area (Å²) in [5, 5.41) is 3.16. The van der Waals surface area contributed by atoms with Crippen LogP contribution >= 0.6 is 12.4 Å². The molecular weight excluding hydrogens is 229 g/mol. The summed E-state index contributed by atoms with van der Waals surface area (Å²) in [4.78, 5) is 1.92. The number of nitrogens with one attached hydrogen (secondary N) is 1. The summed E-state index contributed by atoms with van der Waals surface area (Å²) >= 11 is 0. The van der Waals surface area contributed by atoms with Crippen molar-refractivity contribution < 1.29 is 13.2 Å². The SMILES string of the molecule is CC(CC(F)(F)F)N1CCNC[C@H]1C.Cl. The van der Waals surface area contributed by atoms with E-state index in [1.165, 1.54) is 0 Å². The van der Waals surface area contributed by atoms with Gasteiger partial charge in [-0.05, 0) is 13.8 Å². The molecule has 2 atom stereocenters. The fourth-order valence-corrected chi connectivity index (χ4v) is 1.96. The van der Waals surface area contributed by atoms with E-state index in [1.54, 1.807) is 6.92 Å². The van der Waals surface area contributed by atoms with Crippen LogP contribution in [0.15, 0.2) is 0 Å². The second-order valence-electron chi connectivity index (χ2n) is 3.96. The number of hydrogen-bond acceptors (Lipinski definition) is 2. The molecule has 1 aliphatic rings. The first-order chi connectivity index (χ1) is 6.40. The van der Waals surface area contributed by atoms with Crippen LogP contribution in [0.3, 0.4) is 0 Å². The van der Waals surface area contributed by atoms with E-state index < -0.39 is 18.6 Å². The molecule has 2 nitrogen and oxygen atoms in total. The number of nitrogens with zero attached hydrogens (tertiary/aromatic N) is 1. The number of halogens is 4. The Morgan fingerprint density at radius 3 is 2.53 bits per heavy atom. The van der Waals surface area contributed by atoms with Crippen LogP contribution in [0.5, 0.6) is 0 Å². The molecule has 0 aromatic heterocycles. The molecule has 1 saturated heterocycles. The molecule has 0 aliphatic carbocycles. The Morgan fingerprint density at radius 1 is 1.47 bits per heavy atom. The smallest absolute Gasteiger partial charge is 0.314 e. The lowest BCUT2D eigenvalue weighted by atomic mass is 10.1. The molecule has 6 heteroatoms. The van der Waals surface area contributed by atoms with Gasteiger partial charge in [0.15, 0.2) is 0 Å². The molecule has 1 rings (SSSR count).